The van der Waals surface area contributed by atoms with Gasteiger partial charge in [-0.25, -0.2) is 8.42 Å². The van der Waals surface area contributed by atoms with Crippen molar-refractivity contribution in [2.24, 2.45) is 0 Å². The fourth-order valence-corrected chi connectivity index (χ4v) is 4.63. The Kier molecular flexibility index (Phi) is 7.80. The highest BCUT2D eigenvalue weighted by Crippen LogP contribution is 2.29. The van der Waals surface area contributed by atoms with Crippen molar-refractivity contribution in [3.8, 4) is 11.5 Å². The summed E-state index contributed by atoms with van der Waals surface area (Å²) in [7, 11) is -2.36. The molecule has 0 N–H and O–H groups in total. The molecule has 1 fully saturated rings. The van der Waals surface area contributed by atoms with E-state index in [4.69, 9.17) is 21.1 Å². The van der Waals surface area contributed by atoms with Crippen molar-refractivity contribution in [1.29, 1.82) is 0 Å². The monoisotopic (exact) mass is 466 g/mol. The minimum Gasteiger partial charge on any atom is -0.490 e. The van der Waals surface area contributed by atoms with Crippen LogP contribution in [-0.4, -0.2) is 62.9 Å². The molecule has 0 unspecified atom stereocenters. The van der Waals surface area contributed by atoms with Crippen LogP contribution in [0.4, 0.5) is 0 Å². The van der Waals surface area contributed by atoms with Crippen LogP contribution in [0.5, 0.6) is 11.5 Å². The SMILES string of the molecule is CCOc1ccccc1OC1CCN(C(=O)CN(C)S(=O)(=O)c2ccc(Cl)cc2)CC1. The maximum Gasteiger partial charge on any atom is 0.243 e. The topological polar surface area (TPSA) is 76.2 Å². The van der Waals surface area contributed by atoms with E-state index in [2.05, 4.69) is 0 Å². The van der Waals surface area contributed by atoms with Gasteiger partial charge in [-0.3, -0.25) is 4.79 Å². The Bertz CT molecular complexity index is 989. The lowest BCUT2D eigenvalue weighted by molar-refractivity contribution is -0.133. The summed E-state index contributed by atoms with van der Waals surface area (Å²) in [6.07, 6.45) is 1.31. The van der Waals surface area contributed by atoms with Gasteiger partial charge in [-0.2, -0.15) is 4.31 Å². The molecular formula is C22H27ClN2O5S. The number of benzene rings is 2. The molecular weight excluding hydrogens is 440 g/mol. The van der Waals surface area contributed by atoms with E-state index in [0.29, 0.717) is 49.1 Å². The molecule has 0 radical (unpaired) electrons. The highest BCUT2D eigenvalue weighted by atomic mass is 35.5. The number of rotatable bonds is 8. The molecule has 0 aromatic heterocycles. The van der Waals surface area contributed by atoms with Crippen LogP contribution in [0.3, 0.4) is 0 Å². The first-order valence-corrected chi connectivity index (χ1v) is 12.0. The van der Waals surface area contributed by atoms with Crippen LogP contribution in [0.2, 0.25) is 5.02 Å². The predicted octanol–water partition coefficient (Wildman–Crippen LogP) is 3.43. The molecule has 1 heterocycles. The van der Waals surface area contributed by atoms with Gasteiger partial charge in [0.25, 0.3) is 0 Å². The van der Waals surface area contributed by atoms with Crippen LogP contribution in [0.15, 0.2) is 53.4 Å². The fourth-order valence-electron chi connectivity index (χ4n) is 3.39. The minimum absolute atomic E-state index is 0.0267. The first kappa shape index (κ1) is 23.4. The largest absolute Gasteiger partial charge is 0.490 e. The summed E-state index contributed by atoms with van der Waals surface area (Å²) in [5.41, 5.74) is 0. The van der Waals surface area contributed by atoms with Crippen molar-refractivity contribution in [2.45, 2.75) is 30.8 Å². The molecule has 7 nitrogen and oxygen atoms in total. The quantitative estimate of drug-likeness (QED) is 0.595. The van der Waals surface area contributed by atoms with Crippen LogP contribution in [0.25, 0.3) is 0 Å². The van der Waals surface area contributed by atoms with Gasteiger partial charge in [-0.15, -0.1) is 0 Å². The van der Waals surface area contributed by atoms with Crippen LogP contribution in [-0.2, 0) is 14.8 Å². The zero-order chi connectivity index (χ0) is 22.4. The maximum absolute atomic E-state index is 12.7. The Morgan fingerprint density at radius 2 is 1.71 bits per heavy atom. The van der Waals surface area contributed by atoms with E-state index in [1.807, 2.05) is 31.2 Å². The zero-order valence-electron chi connectivity index (χ0n) is 17.7. The lowest BCUT2D eigenvalue weighted by atomic mass is 10.1. The zero-order valence-corrected chi connectivity index (χ0v) is 19.2. The molecule has 1 amide bonds. The number of sulfonamides is 1. The summed E-state index contributed by atoms with van der Waals surface area (Å²) in [4.78, 5) is 14.5. The number of carbonyl (C=O) groups excluding carboxylic acids is 1. The number of hydrogen-bond acceptors (Lipinski definition) is 5. The van der Waals surface area contributed by atoms with Gasteiger partial charge in [-0.1, -0.05) is 23.7 Å². The van der Waals surface area contributed by atoms with E-state index in [-0.39, 0.29) is 23.5 Å². The number of piperidine rings is 1. The normalized spacial score (nSPS) is 15.2. The number of ether oxygens (including phenoxy) is 2. The van der Waals surface area contributed by atoms with Gasteiger partial charge in [0, 0.05) is 38.0 Å². The van der Waals surface area contributed by atoms with Crippen molar-refractivity contribution >= 4 is 27.5 Å². The highest BCUT2D eigenvalue weighted by Gasteiger charge is 2.28. The molecule has 0 atom stereocenters. The third-order valence-corrected chi connectivity index (χ3v) is 7.19. The molecule has 1 aliphatic heterocycles. The molecule has 0 spiro atoms. The van der Waals surface area contributed by atoms with Crippen molar-refractivity contribution in [3.63, 3.8) is 0 Å². The van der Waals surface area contributed by atoms with Crippen molar-refractivity contribution in [2.75, 3.05) is 33.3 Å². The molecule has 2 aromatic carbocycles. The molecule has 0 bridgehead atoms. The fraction of sp³-hybridized carbons (Fsp3) is 0.409. The van der Waals surface area contributed by atoms with E-state index in [0.717, 1.165) is 4.31 Å². The van der Waals surface area contributed by atoms with Crippen LogP contribution in [0, 0.1) is 0 Å². The Hall–Kier alpha value is -2.29. The number of likely N-dealkylation sites (N-methyl/N-ethyl adjacent to an activating group) is 1. The van der Waals surface area contributed by atoms with Crippen LogP contribution in [0.1, 0.15) is 19.8 Å². The predicted molar refractivity (Wildman–Crippen MR) is 119 cm³/mol. The second-order valence-electron chi connectivity index (χ2n) is 7.29. The van der Waals surface area contributed by atoms with E-state index >= 15 is 0 Å². The van der Waals surface area contributed by atoms with Crippen molar-refractivity contribution in [3.05, 3.63) is 53.6 Å². The number of para-hydroxylation sites is 2. The summed E-state index contributed by atoms with van der Waals surface area (Å²) < 4.78 is 38.1. The average molecular weight is 467 g/mol. The first-order valence-electron chi connectivity index (χ1n) is 10.2. The molecule has 31 heavy (non-hydrogen) atoms. The molecule has 9 heteroatoms. The number of nitrogens with zero attached hydrogens (tertiary/aromatic N) is 2. The number of likely N-dealkylation sites (tertiary alicyclic amines) is 1. The van der Waals surface area contributed by atoms with Gasteiger partial charge in [0.2, 0.25) is 15.9 Å². The molecule has 168 valence electrons. The summed E-state index contributed by atoms with van der Waals surface area (Å²) in [5.74, 6) is 1.17. The summed E-state index contributed by atoms with van der Waals surface area (Å²) in [6, 6.07) is 13.4. The molecule has 1 aliphatic rings. The number of hydrogen-bond donors (Lipinski definition) is 0. The average Bonchev–Trinajstić information content (AvgIpc) is 2.76. The Balaban J connectivity index is 1.54. The third-order valence-electron chi connectivity index (χ3n) is 5.12. The van der Waals surface area contributed by atoms with E-state index < -0.39 is 10.0 Å². The number of amides is 1. The van der Waals surface area contributed by atoms with Crippen LogP contribution < -0.4 is 9.47 Å². The molecule has 3 rings (SSSR count). The Morgan fingerprint density at radius 3 is 2.32 bits per heavy atom. The smallest absolute Gasteiger partial charge is 0.243 e. The van der Waals surface area contributed by atoms with Gasteiger partial charge in [0.1, 0.15) is 6.10 Å². The maximum atomic E-state index is 12.7. The van der Waals surface area contributed by atoms with Gasteiger partial charge in [0.15, 0.2) is 11.5 Å². The Morgan fingerprint density at radius 1 is 1.10 bits per heavy atom. The standard InChI is InChI=1S/C22H27ClN2O5S/c1-3-29-20-6-4-5-7-21(20)30-18-12-14-25(15-13-18)22(26)16-24(2)31(27,28)19-10-8-17(23)9-11-19/h4-11,18H,3,12-16H2,1-2H3. The number of halogens is 1. The minimum atomic E-state index is -3.76. The second-order valence-corrected chi connectivity index (χ2v) is 9.77. The van der Waals surface area contributed by atoms with Gasteiger partial charge in [-0.05, 0) is 43.3 Å². The second kappa shape index (κ2) is 10.3. The molecule has 0 saturated carbocycles. The lowest BCUT2D eigenvalue weighted by Crippen LogP contribution is -2.46. The van der Waals surface area contributed by atoms with Crippen molar-refractivity contribution in [1.82, 2.24) is 9.21 Å². The third kappa shape index (κ3) is 5.90. The lowest BCUT2D eigenvalue weighted by Gasteiger charge is -2.33. The number of carbonyl (C=O) groups is 1. The summed E-state index contributed by atoms with van der Waals surface area (Å²) in [5, 5.41) is 0.451. The van der Waals surface area contributed by atoms with E-state index in [1.54, 1.807) is 4.90 Å². The van der Waals surface area contributed by atoms with Crippen LogP contribution >= 0.6 is 11.6 Å². The highest BCUT2D eigenvalue weighted by molar-refractivity contribution is 7.89. The molecule has 1 saturated heterocycles. The van der Waals surface area contributed by atoms with Gasteiger partial charge < -0.3 is 14.4 Å². The first-order chi connectivity index (χ1) is 14.8. The summed E-state index contributed by atoms with van der Waals surface area (Å²) in [6.45, 7) is 3.28. The van der Waals surface area contributed by atoms with Gasteiger partial charge in [0.05, 0.1) is 18.0 Å². The molecule has 2 aromatic rings. The summed E-state index contributed by atoms with van der Waals surface area (Å²) >= 11 is 5.83. The Labute approximate surface area is 188 Å². The van der Waals surface area contributed by atoms with Gasteiger partial charge >= 0.3 is 0 Å². The van der Waals surface area contributed by atoms with E-state index in [1.165, 1.54) is 31.3 Å². The van der Waals surface area contributed by atoms with E-state index in [9.17, 15) is 13.2 Å². The van der Waals surface area contributed by atoms with Crippen molar-refractivity contribution < 1.29 is 22.7 Å². The molecule has 0 aliphatic carbocycles.